The minimum absolute atomic E-state index is 0.0269. The van der Waals surface area contributed by atoms with Crippen molar-refractivity contribution in [1.82, 2.24) is 30.6 Å². The highest BCUT2D eigenvalue weighted by molar-refractivity contribution is 5.89. The Kier molecular flexibility index (Phi) is 6.27. The van der Waals surface area contributed by atoms with Crippen molar-refractivity contribution in [1.29, 1.82) is 0 Å². The van der Waals surface area contributed by atoms with Crippen molar-refractivity contribution < 1.29 is 14.1 Å². The van der Waals surface area contributed by atoms with Gasteiger partial charge in [0.1, 0.15) is 0 Å². The molecule has 2 atom stereocenters. The third-order valence-electron chi connectivity index (χ3n) is 4.32. The SMILES string of the molecule is CNC(=O)c1noc(CNC(=O)[C@@H]2CC[C@H](N(C)C)CN(C)C2)n1. The van der Waals surface area contributed by atoms with E-state index < -0.39 is 5.91 Å². The van der Waals surface area contributed by atoms with Crippen LogP contribution in [0.3, 0.4) is 0 Å². The Hall–Kier alpha value is -2.00. The highest BCUT2D eigenvalue weighted by Gasteiger charge is 2.27. The minimum Gasteiger partial charge on any atom is -0.352 e. The molecule has 0 unspecified atom stereocenters. The van der Waals surface area contributed by atoms with Gasteiger partial charge in [0.25, 0.3) is 11.7 Å². The van der Waals surface area contributed by atoms with Gasteiger partial charge in [0, 0.05) is 26.2 Å². The molecule has 0 bridgehead atoms. The van der Waals surface area contributed by atoms with E-state index in [0.29, 0.717) is 6.04 Å². The number of amides is 2. The molecule has 1 aliphatic heterocycles. The summed E-state index contributed by atoms with van der Waals surface area (Å²) in [5, 5.41) is 8.81. The second-order valence-corrected chi connectivity index (χ2v) is 6.42. The molecule has 1 saturated heterocycles. The summed E-state index contributed by atoms with van der Waals surface area (Å²) in [6, 6.07) is 0.457. The molecule has 24 heavy (non-hydrogen) atoms. The van der Waals surface area contributed by atoms with Crippen LogP contribution in [0.1, 0.15) is 29.4 Å². The fourth-order valence-electron chi connectivity index (χ4n) is 2.86. The van der Waals surface area contributed by atoms with Gasteiger partial charge in [-0.1, -0.05) is 5.16 Å². The van der Waals surface area contributed by atoms with Crippen molar-refractivity contribution in [3.63, 3.8) is 0 Å². The number of hydrogen-bond acceptors (Lipinski definition) is 7. The summed E-state index contributed by atoms with van der Waals surface area (Å²) in [6.07, 6.45) is 1.82. The first-order valence-corrected chi connectivity index (χ1v) is 8.08. The molecule has 9 heteroatoms. The first-order valence-electron chi connectivity index (χ1n) is 8.08. The van der Waals surface area contributed by atoms with Crippen molar-refractivity contribution in [2.24, 2.45) is 5.92 Å². The van der Waals surface area contributed by atoms with Crippen LogP contribution < -0.4 is 10.6 Å². The Morgan fingerprint density at radius 2 is 2.08 bits per heavy atom. The Morgan fingerprint density at radius 1 is 1.33 bits per heavy atom. The zero-order valence-corrected chi connectivity index (χ0v) is 14.7. The first kappa shape index (κ1) is 18.3. The van der Waals surface area contributed by atoms with Crippen LogP contribution in [0.15, 0.2) is 4.52 Å². The molecule has 134 valence electrons. The van der Waals surface area contributed by atoms with E-state index in [2.05, 4.69) is 44.7 Å². The predicted molar refractivity (Wildman–Crippen MR) is 87.2 cm³/mol. The molecular formula is C15H26N6O3. The summed E-state index contributed by atoms with van der Waals surface area (Å²) in [7, 11) is 7.66. The average molecular weight is 338 g/mol. The van der Waals surface area contributed by atoms with Gasteiger partial charge >= 0.3 is 0 Å². The fraction of sp³-hybridized carbons (Fsp3) is 0.733. The summed E-state index contributed by atoms with van der Waals surface area (Å²) in [5.74, 6) is -0.335. The second-order valence-electron chi connectivity index (χ2n) is 6.42. The maximum atomic E-state index is 12.4. The zero-order valence-electron chi connectivity index (χ0n) is 14.7. The Bertz CT molecular complexity index is 573. The molecule has 1 aromatic rings. The van der Waals surface area contributed by atoms with Crippen LogP contribution in [0, 0.1) is 5.92 Å². The van der Waals surface area contributed by atoms with Crippen molar-refractivity contribution in [3.8, 4) is 0 Å². The molecule has 0 aliphatic carbocycles. The average Bonchev–Trinajstić information content (AvgIpc) is 2.93. The lowest BCUT2D eigenvalue weighted by molar-refractivity contribution is -0.125. The predicted octanol–water partition coefficient (Wildman–Crippen LogP) is -0.683. The van der Waals surface area contributed by atoms with Gasteiger partial charge in [0.2, 0.25) is 11.8 Å². The highest BCUT2D eigenvalue weighted by Crippen LogP contribution is 2.18. The standard InChI is InChI=1S/C15H26N6O3/c1-16-15(23)13-18-12(24-19-13)7-17-14(22)10-5-6-11(20(2)3)9-21(4)8-10/h10-11H,5-9H2,1-4H3,(H,16,23)(H,17,22)/t10-,11+/m1/s1. The highest BCUT2D eigenvalue weighted by atomic mass is 16.5. The molecule has 2 rings (SSSR count). The monoisotopic (exact) mass is 338 g/mol. The summed E-state index contributed by atoms with van der Waals surface area (Å²) in [5.41, 5.74) is 0. The van der Waals surface area contributed by atoms with E-state index in [1.54, 1.807) is 0 Å². The molecular weight excluding hydrogens is 312 g/mol. The third-order valence-corrected chi connectivity index (χ3v) is 4.32. The van der Waals surface area contributed by atoms with Crippen molar-refractivity contribution in [3.05, 3.63) is 11.7 Å². The molecule has 2 heterocycles. The number of rotatable bonds is 5. The van der Waals surface area contributed by atoms with Gasteiger partial charge in [-0.2, -0.15) is 4.98 Å². The molecule has 2 N–H and O–H groups in total. The molecule has 1 fully saturated rings. The third kappa shape index (κ3) is 4.75. The van der Waals surface area contributed by atoms with Gasteiger partial charge in [0.05, 0.1) is 12.5 Å². The van der Waals surface area contributed by atoms with Crippen LogP contribution in [0.2, 0.25) is 0 Å². The largest absolute Gasteiger partial charge is 0.352 e. The van der Waals surface area contributed by atoms with Crippen LogP contribution >= 0.6 is 0 Å². The van der Waals surface area contributed by atoms with Crippen LogP contribution in [0.4, 0.5) is 0 Å². The van der Waals surface area contributed by atoms with Gasteiger partial charge in [-0.25, -0.2) is 0 Å². The Balaban J connectivity index is 1.87. The Morgan fingerprint density at radius 3 is 2.75 bits per heavy atom. The summed E-state index contributed by atoms with van der Waals surface area (Å²) < 4.78 is 4.97. The molecule has 1 aliphatic rings. The van der Waals surface area contributed by atoms with E-state index in [1.807, 2.05) is 7.05 Å². The Labute approximate surface area is 141 Å². The van der Waals surface area contributed by atoms with Gasteiger partial charge in [-0.15, -0.1) is 0 Å². The number of aromatic nitrogens is 2. The molecule has 0 radical (unpaired) electrons. The normalized spacial score (nSPS) is 22.2. The van der Waals surface area contributed by atoms with E-state index in [-0.39, 0.29) is 30.1 Å². The van der Waals surface area contributed by atoms with E-state index in [1.165, 1.54) is 7.05 Å². The van der Waals surface area contributed by atoms with Crippen molar-refractivity contribution in [2.45, 2.75) is 25.4 Å². The summed E-state index contributed by atoms with van der Waals surface area (Å²) >= 11 is 0. The fourth-order valence-corrected chi connectivity index (χ4v) is 2.86. The molecule has 1 aromatic heterocycles. The first-order chi connectivity index (χ1) is 11.4. The van der Waals surface area contributed by atoms with E-state index >= 15 is 0 Å². The molecule has 9 nitrogen and oxygen atoms in total. The van der Waals surface area contributed by atoms with Gasteiger partial charge < -0.3 is 25.0 Å². The summed E-state index contributed by atoms with van der Waals surface area (Å²) in [4.78, 5) is 32.1. The van der Waals surface area contributed by atoms with Gasteiger partial charge in [-0.05, 0) is 34.0 Å². The topological polar surface area (TPSA) is 104 Å². The van der Waals surface area contributed by atoms with Crippen LogP contribution in [0.5, 0.6) is 0 Å². The van der Waals surface area contributed by atoms with Gasteiger partial charge in [0.15, 0.2) is 0 Å². The number of likely N-dealkylation sites (tertiary alicyclic amines) is 1. The lowest BCUT2D eigenvalue weighted by Gasteiger charge is -2.25. The maximum Gasteiger partial charge on any atom is 0.292 e. The van der Waals surface area contributed by atoms with Gasteiger partial charge in [-0.3, -0.25) is 9.59 Å². The number of carbonyl (C=O) groups excluding carboxylic acids is 2. The van der Waals surface area contributed by atoms with E-state index in [0.717, 1.165) is 25.9 Å². The smallest absolute Gasteiger partial charge is 0.292 e. The lowest BCUT2D eigenvalue weighted by Crippen LogP contribution is -2.39. The second kappa shape index (κ2) is 8.20. The maximum absolute atomic E-state index is 12.4. The minimum atomic E-state index is -0.420. The molecule has 2 amide bonds. The number of nitrogens with one attached hydrogen (secondary N) is 2. The summed E-state index contributed by atoms with van der Waals surface area (Å²) in [6.45, 7) is 1.81. The van der Waals surface area contributed by atoms with Crippen LogP contribution in [-0.4, -0.2) is 79.1 Å². The molecule has 0 aromatic carbocycles. The number of nitrogens with zero attached hydrogens (tertiary/aromatic N) is 4. The quantitative estimate of drug-likeness (QED) is 0.733. The van der Waals surface area contributed by atoms with Crippen molar-refractivity contribution >= 4 is 11.8 Å². The lowest BCUT2D eigenvalue weighted by atomic mass is 10.0. The van der Waals surface area contributed by atoms with Crippen molar-refractivity contribution in [2.75, 3.05) is 41.3 Å². The number of hydrogen-bond donors (Lipinski definition) is 2. The number of carbonyl (C=O) groups is 2. The zero-order chi connectivity index (χ0) is 17.7. The van der Waals surface area contributed by atoms with Crippen LogP contribution in [-0.2, 0) is 11.3 Å². The van der Waals surface area contributed by atoms with E-state index in [9.17, 15) is 9.59 Å². The number of likely N-dealkylation sites (N-methyl/N-ethyl adjacent to an activating group) is 2. The molecule has 0 saturated carbocycles. The molecule has 0 spiro atoms. The van der Waals surface area contributed by atoms with E-state index in [4.69, 9.17) is 4.52 Å². The van der Waals surface area contributed by atoms with Crippen LogP contribution in [0.25, 0.3) is 0 Å².